The van der Waals surface area contributed by atoms with E-state index in [0.29, 0.717) is 48.3 Å². The highest BCUT2D eigenvalue weighted by molar-refractivity contribution is 7.90. The summed E-state index contributed by atoms with van der Waals surface area (Å²) in [5.74, 6) is -0.321. The van der Waals surface area contributed by atoms with Crippen LogP contribution in [-0.2, 0) is 20.3 Å². The molecule has 1 aliphatic rings. The highest BCUT2D eigenvalue weighted by atomic mass is 35.5. The largest absolute Gasteiger partial charge is 0.444 e. The van der Waals surface area contributed by atoms with Crippen molar-refractivity contribution in [2.45, 2.75) is 44.1 Å². The monoisotopic (exact) mass is 560 g/mol. The maximum absolute atomic E-state index is 13.9. The van der Waals surface area contributed by atoms with Crippen LogP contribution in [0, 0.1) is 12.7 Å². The Hall–Kier alpha value is -3.24. The second kappa shape index (κ2) is 10.9. The van der Waals surface area contributed by atoms with Crippen molar-refractivity contribution in [2.75, 3.05) is 31.1 Å². The molecule has 0 spiro atoms. The number of carbonyl (C=O) groups excluding carboxylic acids is 1. The lowest BCUT2D eigenvalue weighted by molar-refractivity contribution is 0.0240. The van der Waals surface area contributed by atoms with Gasteiger partial charge in [0.2, 0.25) is 9.84 Å². The summed E-state index contributed by atoms with van der Waals surface area (Å²) in [5.41, 5.74) is 1.28. The topological polar surface area (TPSA) is 92.7 Å². The predicted molar refractivity (Wildman–Crippen MR) is 145 cm³/mol. The number of carbonyl (C=O) groups is 1. The zero-order chi connectivity index (χ0) is 27.7. The van der Waals surface area contributed by atoms with Crippen molar-refractivity contribution in [3.63, 3.8) is 0 Å². The minimum absolute atomic E-state index is 0.0789. The van der Waals surface area contributed by atoms with Crippen molar-refractivity contribution in [1.29, 1.82) is 0 Å². The molecule has 1 fully saturated rings. The molecule has 0 unspecified atom stereocenters. The van der Waals surface area contributed by atoms with E-state index in [1.165, 1.54) is 24.3 Å². The van der Waals surface area contributed by atoms with Crippen LogP contribution in [0.5, 0.6) is 0 Å². The zero-order valence-electron chi connectivity index (χ0n) is 21.7. The molecule has 1 aliphatic heterocycles. The SMILES string of the molecule is Cc1ccc(F)cc1-c1nc(CS(=O)(=O)c2cccc(N3CCN(C(=O)OC(C)(C)C)CC3)n2)ccc1Cl. The van der Waals surface area contributed by atoms with Gasteiger partial charge in [0.15, 0.2) is 5.03 Å². The zero-order valence-corrected chi connectivity index (χ0v) is 23.3. The molecule has 1 saturated heterocycles. The van der Waals surface area contributed by atoms with Gasteiger partial charge in [-0.3, -0.25) is 4.98 Å². The number of halogens is 2. The lowest BCUT2D eigenvalue weighted by Crippen LogP contribution is -2.50. The van der Waals surface area contributed by atoms with E-state index in [1.807, 2.05) is 25.7 Å². The van der Waals surface area contributed by atoms with Crippen LogP contribution in [0.1, 0.15) is 32.0 Å². The van der Waals surface area contributed by atoms with Crippen LogP contribution < -0.4 is 4.90 Å². The van der Waals surface area contributed by atoms with Gasteiger partial charge in [-0.2, -0.15) is 0 Å². The molecule has 0 N–H and O–H groups in total. The number of piperazine rings is 1. The molecule has 3 aromatic rings. The molecule has 0 aliphatic carbocycles. The Kier molecular flexibility index (Phi) is 7.94. The Morgan fingerprint density at radius 3 is 2.45 bits per heavy atom. The summed E-state index contributed by atoms with van der Waals surface area (Å²) in [4.78, 5) is 24.8. The van der Waals surface area contributed by atoms with Gasteiger partial charge >= 0.3 is 6.09 Å². The van der Waals surface area contributed by atoms with Crippen molar-refractivity contribution < 1.29 is 22.3 Å². The number of aryl methyl sites for hydroxylation is 1. The van der Waals surface area contributed by atoms with Gasteiger partial charge in [0, 0.05) is 31.7 Å². The van der Waals surface area contributed by atoms with Crippen LogP contribution in [0.2, 0.25) is 5.02 Å². The standard InChI is InChI=1S/C27H30ClFN4O4S/c1-18-8-9-19(29)16-21(18)25-22(28)11-10-20(30-25)17-38(35,36)24-7-5-6-23(31-24)32-12-14-33(15-13-32)26(34)37-27(2,3)4/h5-11,16H,12-15,17H2,1-4H3. The Labute approximate surface area is 227 Å². The molecule has 11 heteroatoms. The summed E-state index contributed by atoms with van der Waals surface area (Å²) in [5, 5.41) is 0.218. The van der Waals surface area contributed by atoms with Gasteiger partial charge in [0.25, 0.3) is 0 Å². The van der Waals surface area contributed by atoms with Crippen molar-refractivity contribution in [3.8, 4) is 11.3 Å². The molecule has 0 saturated carbocycles. The third-order valence-corrected chi connectivity index (χ3v) is 7.82. The summed E-state index contributed by atoms with van der Waals surface area (Å²) >= 11 is 6.33. The highest BCUT2D eigenvalue weighted by Crippen LogP contribution is 2.30. The van der Waals surface area contributed by atoms with Crippen molar-refractivity contribution in [2.24, 2.45) is 0 Å². The number of nitrogens with zero attached hydrogens (tertiary/aromatic N) is 4. The molecular formula is C27H30ClFN4O4S. The van der Waals surface area contributed by atoms with Crippen LogP contribution in [0.15, 0.2) is 53.6 Å². The van der Waals surface area contributed by atoms with Gasteiger partial charge in [-0.15, -0.1) is 0 Å². The summed E-state index contributed by atoms with van der Waals surface area (Å²) in [6.07, 6.45) is -0.371. The average molecular weight is 561 g/mol. The molecule has 1 amide bonds. The number of anilines is 1. The maximum atomic E-state index is 13.9. The first kappa shape index (κ1) is 27.8. The fourth-order valence-electron chi connectivity index (χ4n) is 4.07. The Balaban J connectivity index is 1.50. The van der Waals surface area contributed by atoms with Crippen LogP contribution in [-0.4, -0.2) is 61.2 Å². The van der Waals surface area contributed by atoms with Gasteiger partial charge in [-0.05, 0) is 69.7 Å². The molecule has 2 aromatic heterocycles. The molecule has 8 nitrogen and oxygen atoms in total. The molecule has 0 atom stereocenters. The van der Waals surface area contributed by atoms with Crippen molar-refractivity contribution in [1.82, 2.24) is 14.9 Å². The van der Waals surface area contributed by atoms with Gasteiger partial charge in [0.1, 0.15) is 17.2 Å². The lowest BCUT2D eigenvalue weighted by Gasteiger charge is -2.36. The van der Waals surface area contributed by atoms with E-state index in [2.05, 4.69) is 9.97 Å². The lowest BCUT2D eigenvalue weighted by atomic mass is 10.0. The normalized spacial score (nSPS) is 14.5. The van der Waals surface area contributed by atoms with Crippen LogP contribution >= 0.6 is 11.6 Å². The second-order valence-electron chi connectivity index (χ2n) is 10.1. The molecule has 0 bridgehead atoms. The predicted octanol–water partition coefficient (Wildman–Crippen LogP) is 5.28. The van der Waals surface area contributed by atoms with E-state index >= 15 is 0 Å². The number of pyridine rings is 2. The molecule has 3 heterocycles. The highest BCUT2D eigenvalue weighted by Gasteiger charge is 2.27. The molecule has 4 rings (SSSR count). The van der Waals surface area contributed by atoms with E-state index in [-0.39, 0.29) is 16.8 Å². The van der Waals surface area contributed by atoms with E-state index in [0.717, 1.165) is 5.56 Å². The number of hydrogen-bond donors (Lipinski definition) is 0. The van der Waals surface area contributed by atoms with Crippen LogP contribution in [0.25, 0.3) is 11.3 Å². The van der Waals surface area contributed by atoms with Crippen molar-refractivity contribution in [3.05, 3.63) is 70.6 Å². The summed E-state index contributed by atoms with van der Waals surface area (Å²) in [6, 6.07) is 12.2. The molecule has 202 valence electrons. The number of aromatic nitrogens is 2. The van der Waals surface area contributed by atoms with E-state index in [4.69, 9.17) is 16.3 Å². The third kappa shape index (κ3) is 6.60. The average Bonchev–Trinajstić information content (AvgIpc) is 2.86. The second-order valence-corrected chi connectivity index (χ2v) is 12.5. The number of amides is 1. The first-order valence-electron chi connectivity index (χ1n) is 12.2. The summed E-state index contributed by atoms with van der Waals surface area (Å²) in [7, 11) is -3.85. The summed E-state index contributed by atoms with van der Waals surface area (Å²) in [6.45, 7) is 9.11. The van der Waals surface area contributed by atoms with Crippen molar-refractivity contribution >= 4 is 33.3 Å². The van der Waals surface area contributed by atoms with Crippen LogP contribution in [0.4, 0.5) is 15.0 Å². The fraction of sp³-hybridized carbons (Fsp3) is 0.370. The Morgan fingerprint density at radius 1 is 1.05 bits per heavy atom. The van der Waals surface area contributed by atoms with Gasteiger partial charge in [-0.25, -0.2) is 22.6 Å². The number of rotatable bonds is 5. The quantitative estimate of drug-likeness (QED) is 0.419. The van der Waals surface area contributed by atoms with E-state index < -0.39 is 27.0 Å². The minimum Gasteiger partial charge on any atom is -0.444 e. The first-order chi connectivity index (χ1) is 17.8. The molecule has 1 aromatic carbocycles. The van der Waals surface area contributed by atoms with E-state index in [1.54, 1.807) is 36.1 Å². The molecular weight excluding hydrogens is 531 g/mol. The number of hydrogen-bond acceptors (Lipinski definition) is 7. The summed E-state index contributed by atoms with van der Waals surface area (Å²) < 4.78 is 45.9. The first-order valence-corrected chi connectivity index (χ1v) is 14.2. The van der Waals surface area contributed by atoms with E-state index in [9.17, 15) is 17.6 Å². The fourth-order valence-corrected chi connectivity index (χ4v) is 5.49. The Morgan fingerprint density at radius 2 is 1.76 bits per heavy atom. The molecule has 0 radical (unpaired) electrons. The van der Waals surface area contributed by atoms with Gasteiger partial charge in [-0.1, -0.05) is 23.7 Å². The maximum Gasteiger partial charge on any atom is 0.410 e. The Bertz CT molecular complexity index is 1450. The number of ether oxygens (including phenoxy) is 1. The van der Waals surface area contributed by atoms with Gasteiger partial charge < -0.3 is 14.5 Å². The minimum atomic E-state index is -3.85. The van der Waals surface area contributed by atoms with Gasteiger partial charge in [0.05, 0.1) is 22.2 Å². The number of sulfone groups is 1. The smallest absolute Gasteiger partial charge is 0.410 e. The van der Waals surface area contributed by atoms with Crippen LogP contribution in [0.3, 0.4) is 0 Å². The number of benzene rings is 1. The molecule has 38 heavy (non-hydrogen) atoms. The third-order valence-electron chi connectivity index (χ3n) is 5.98.